The van der Waals surface area contributed by atoms with Gasteiger partial charge in [0.25, 0.3) is 5.91 Å². The van der Waals surface area contributed by atoms with E-state index >= 15 is 0 Å². The molecule has 156 valence electrons. The van der Waals surface area contributed by atoms with Gasteiger partial charge in [-0.1, -0.05) is 0 Å². The molecule has 1 saturated heterocycles. The molecule has 1 aliphatic rings. The fourth-order valence-electron chi connectivity index (χ4n) is 2.74. The van der Waals surface area contributed by atoms with Crippen LogP contribution in [0, 0.1) is 0 Å². The Hall–Kier alpha value is -2.71. The summed E-state index contributed by atoms with van der Waals surface area (Å²) in [5.74, 6) is 1.05. The van der Waals surface area contributed by atoms with Crippen LogP contribution in [-0.4, -0.2) is 79.2 Å². The van der Waals surface area contributed by atoms with Crippen molar-refractivity contribution in [3.05, 3.63) is 24.2 Å². The van der Waals surface area contributed by atoms with Crippen LogP contribution in [-0.2, 0) is 4.74 Å². The number of furan rings is 1. The molecule has 2 heterocycles. The predicted molar refractivity (Wildman–Crippen MR) is 106 cm³/mol. The third-order valence-electron chi connectivity index (χ3n) is 3.97. The van der Waals surface area contributed by atoms with E-state index in [9.17, 15) is 9.59 Å². The number of hydrogen-bond donors (Lipinski definition) is 2. The molecule has 0 bridgehead atoms. The SMILES string of the molecule is CCNC(=NCCNC(=O)OC(C)(C)C)N1CCN(C(=O)c2ccco2)CC1. The average Bonchev–Trinajstić information content (AvgIpc) is 3.17. The second-order valence-electron chi connectivity index (χ2n) is 7.42. The summed E-state index contributed by atoms with van der Waals surface area (Å²) in [4.78, 5) is 32.5. The Balaban J connectivity index is 1.81. The van der Waals surface area contributed by atoms with Crippen molar-refractivity contribution in [2.75, 3.05) is 45.8 Å². The van der Waals surface area contributed by atoms with Gasteiger partial charge < -0.3 is 29.6 Å². The van der Waals surface area contributed by atoms with Crippen LogP contribution in [0.3, 0.4) is 0 Å². The number of guanidine groups is 1. The highest BCUT2D eigenvalue weighted by Gasteiger charge is 2.25. The number of rotatable bonds is 5. The van der Waals surface area contributed by atoms with E-state index < -0.39 is 11.7 Å². The number of nitrogens with zero attached hydrogens (tertiary/aromatic N) is 3. The van der Waals surface area contributed by atoms with Crippen LogP contribution in [0.5, 0.6) is 0 Å². The second kappa shape index (κ2) is 10.0. The number of carbonyl (C=O) groups is 2. The van der Waals surface area contributed by atoms with E-state index in [4.69, 9.17) is 9.15 Å². The second-order valence-corrected chi connectivity index (χ2v) is 7.42. The van der Waals surface area contributed by atoms with Crippen LogP contribution in [0.4, 0.5) is 4.79 Å². The molecule has 0 radical (unpaired) electrons. The molecular formula is C19H31N5O4. The fourth-order valence-corrected chi connectivity index (χ4v) is 2.74. The lowest BCUT2D eigenvalue weighted by Crippen LogP contribution is -2.53. The normalized spacial score (nSPS) is 15.4. The van der Waals surface area contributed by atoms with E-state index in [1.807, 2.05) is 27.7 Å². The Morgan fingerprint density at radius 3 is 2.43 bits per heavy atom. The minimum absolute atomic E-state index is 0.0897. The van der Waals surface area contributed by atoms with E-state index in [0.717, 1.165) is 12.5 Å². The Kier molecular flexibility index (Phi) is 7.71. The molecule has 0 atom stereocenters. The van der Waals surface area contributed by atoms with Gasteiger partial charge in [-0.05, 0) is 39.8 Å². The van der Waals surface area contributed by atoms with Crippen molar-refractivity contribution < 1.29 is 18.7 Å². The molecule has 2 N–H and O–H groups in total. The molecule has 1 fully saturated rings. The zero-order valence-electron chi connectivity index (χ0n) is 17.2. The number of carbonyl (C=O) groups excluding carboxylic acids is 2. The number of nitrogens with one attached hydrogen (secondary N) is 2. The van der Waals surface area contributed by atoms with Gasteiger partial charge in [0, 0.05) is 39.3 Å². The molecule has 9 nitrogen and oxygen atoms in total. The highest BCUT2D eigenvalue weighted by atomic mass is 16.6. The molecule has 1 aromatic heterocycles. The predicted octanol–water partition coefficient (Wildman–Crippen LogP) is 1.53. The molecule has 0 aliphatic carbocycles. The molecule has 0 unspecified atom stereocenters. The van der Waals surface area contributed by atoms with E-state index in [-0.39, 0.29) is 5.91 Å². The third-order valence-corrected chi connectivity index (χ3v) is 3.97. The zero-order chi connectivity index (χ0) is 20.6. The summed E-state index contributed by atoms with van der Waals surface area (Å²) < 4.78 is 10.4. The van der Waals surface area contributed by atoms with Gasteiger partial charge in [-0.3, -0.25) is 9.79 Å². The Morgan fingerprint density at radius 2 is 1.86 bits per heavy atom. The lowest BCUT2D eigenvalue weighted by molar-refractivity contribution is 0.0529. The summed E-state index contributed by atoms with van der Waals surface area (Å²) in [6, 6.07) is 3.39. The van der Waals surface area contributed by atoms with Crippen molar-refractivity contribution in [3.63, 3.8) is 0 Å². The first-order valence-corrected chi connectivity index (χ1v) is 9.63. The summed E-state index contributed by atoms with van der Waals surface area (Å²) in [5, 5.41) is 5.96. The minimum atomic E-state index is -0.519. The molecule has 1 aliphatic heterocycles. The molecule has 2 amide bonds. The van der Waals surface area contributed by atoms with E-state index in [1.165, 1.54) is 6.26 Å². The van der Waals surface area contributed by atoms with Gasteiger partial charge in [0.15, 0.2) is 11.7 Å². The highest BCUT2D eigenvalue weighted by Crippen LogP contribution is 2.10. The van der Waals surface area contributed by atoms with Crippen molar-refractivity contribution >= 4 is 18.0 Å². The number of hydrogen-bond acceptors (Lipinski definition) is 5. The molecule has 28 heavy (non-hydrogen) atoms. The molecule has 0 spiro atoms. The van der Waals surface area contributed by atoms with Gasteiger partial charge >= 0.3 is 6.09 Å². The summed E-state index contributed by atoms with van der Waals surface area (Å²) in [6.07, 6.45) is 1.06. The molecule has 0 saturated carbocycles. The number of alkyl carbamates (subject to hydrolysis) is 1. The van der Waals surface area contributed by atoms with Gasteiger partial charge in [0.05, 0.1) is 12.8 Å². The number of amides is 2. The molecule has 2 rings (SSSR count). The van der Waals surface area contributed by atoms with Gasteiger partial charge in [0.2, 0.25) is 0 Å². The molecule has 9 heteroatoms. The largest absolute Gasteiger partial charge is 0.459 e. The van der Waals surface area contributed by atoms with Gasteiger partial charge in [-0.15, -0.1) is 0 Å². The van der Waals surface area contributed by atoms with E-state index in [2.05, 4.69) is 20.5 Å². The number of aliphatic imine (C=N–C) groups is 1. The van der Waals surface area contributed by atoms with Gasteiger partial charge in [-0.25, -0.2) is 4.79 Å². The minimum Gasteiger partial charge on any atom is -0.459 e. The Morgan fingerprint density at radius 1 is 1.18 bits per heavy atom. The van der Waals surface area contributed by atoms with Crippen LogP contribution in [0.1, 0.15) is 38.2 Å². The maximum absolute atomic E-state index is 12.4. The smallest absolute Gasteiger partial charge is 0.407 e. The van der Waals surface area contributed by atoms with Crippen LogP contribution in [0.15, 0.2) is 27.8 Å². The van der Waals surface area contributed by atoms with Crippen LogP contribution >= 0.6 is 0 Å². The van der Waals surface area contributed by atoms with Crippen molar-refractivity contribution in [1.82, 2.24) is 20.4 Å². The van der Waals surface area contributed by atoms with Gasteiger partial charge in [0.1, 0.15) is 5.60 Å². The average molecular weight is 393 g/mol. The highest BCUT2D eigenvalue weighted by molar-refractivity contribution is 5.91. The zero-order valence-corrected chi connectivity index (χ0v) is 17.2. The third kappa shape index (κ3) is 6.79. The van der Waals surface area contributed by atoms with Crippen LogP contribution < -0.4 is 10.6 Å². The summed E-state index contributed by atoms with van der Waals surface area (Å²) >= 11 is 0. The maximum atomic E-state index is 12.4. The van der Waals surface area contributed by atoms with Crippen LogP contribution in [0.25, 0.3) is 0 Å². The fraction of sp³-hybridized carbons (Fsp3) is 0.632. The van der Waals surface area contributed by atoms with Crippen molar-refractivity contribution in [1.29, 1.82) is 0 Å². The Bertz CT molecular complexity index is 658. The monoisotopic (exact) mass is 393 g/mol. The number of ether oxygens (including phenoxy) is 1. The topological polar surface area (TPSA) is 99.4 Å². The van der Waals surface area contributed by atoms with Crippen molar-refractivity contribution in [3.8, 4) is 0 Å². The first kappa shape index (κ1) is 21.6. The first-order chi connectivity index (χ1) is 13.3. The van der Waals surface area contributed by atoms with E-state index in [0.29, 0.717) is 45.0 Å². The molecule has 0 aromatic carbocycles. The lowest BCUT2D eigenvalue weighted by Gasteiger charge is -2.36. The Labute approximate surface area is 166 Å². The lowest BCUT2D eigenvalue weighted by atomic mass is 10.2. The van der Waals surface area contributed by atoms with Crippen molar-refractivity contribution in [2.24, 2.45) is 4.99 Å². The van der Waals surface area contributed by atoms with Crippen LogP contribution in [0.2, 0.25) is 0 Å². The summed E-state index contributed by atoms with van der Waals surface area (Å²) in [7, 11) is 0. The standard InChI is InChI=1S/C19H31N5O4/c1-5-20-17(21-8-9-22-18(26)28-19(2,3)4)24-12-10-23(11-13-24)16(25)15-7-6-14-27-15/h6-7,14H,5,8-13H2,1-4H3,(H,20,21)(H,22,26). The molecule has 1 aromatic rings. The van der Waals surface area contributed by atoms with Gasteiger partial charge in [-0.2, -0.15) is 0 Å². The first-order valence-electron chi connectivity index (χ1n) is 9.63. The van der Waals surface area contributed by atoms with Crippen molar-refractivity contribution in [2.45, 2.75) is 33.3 Å². The molecular weight excluding hydrogens is 362 g/mol. The maximum Gasteiger partial charge on any atom is 0.407 e. The quantitative estimate of drug-likeness (QED) is 0.447. The summed E-state index contributed by atoms with van der Waals surface area (Å²) in [6.45, 7) is 11.6. The van der Waals surface area contributed by atoms with E-state index in [1.54, 1.807) is 17.0 Å². The number of piperazine rings is 1. The summed E-state index contributed by atoms with van der Waals surface area (Å²) in [5.41, 5.74) is -0.519.